The summed E-state index contributed by atoms with van der Waals surface area (Å²) in [7, 11) is 0. The standard InChI is InChI=1S/C10H14N4O/c1-3-9(15)13-4-5-14-8(6-13)7(2)10(11)12-14/h3H,1,4-6H2,2H3,(H2,11,12). The zero-order valence-corrected chi connectivity index (χ0v) is 8.73. The average Bonchev–Trinajstić information content (AvgIpc) is 2.54. The van der Waals surface area contributed by atoms with E-state index in [0.29, 0.717) is 25.5 Å². The van der Waals surface area contributed by atoms with Crippen molar-refractivity contribution in [2.75, 3.05) is 12.3 Å². The lowest BCUT2D eigenvalue weighted by Gasteiger charge is -2.27. The van der Waals surface area contributed by atoms with Gasteiger partial charge < -0.3 is 10.6 Å². The van der Waals surface area contributed by atoms with Crippen molar-refractivity contribution >= 4 is 11.7 Å². The predicted molar refractivity (Wildman–Crippen MR) is 57.0 cm³/mol. The topological polar surface area (TPSA) is 64.2 Å². The molecule has 5 nitrogen and oxygen atoms in total. The van der Waals surface area contributed by atoms with Gasteiger partial charge in [-0.15, -0.1) is 0 Å². The Kier molecular flexibility index (Phi) is 2.22. The first kappa shape index (κ1) is 9.76. The van der Waals surface area contributed by atoms with Gasteiger partial charge in [-0.1, -0.05) is 6.58 Å². The zero-order valence-electron chi connectivity index (χ0n) is 8.73. The molecule has 0 fully saturated rings. The third-order valence-corrected chi connectivity index (χ3v) is 2.77. The molecule has 0 saturated heterocycles. The van der Waals surface area contributed by atoms with Gasteiger partial charge in [0.25, 0.3) is 0 Å². The number of fused-ring (bicyclic) bond motifs is 1. The smallest absolute Gasteiger partial charge is 0.246 e. The molecule has 2 rings (SSSR count). The van der Waals surface area contributed by atoms with Crippen LogP contribution in [-0.2, 0) is 17.9 Å². The molecule has 0 atom stereocenters. The van der Waals surface area contributed by atoms with Gasteiger partial charge in [0.15, 0.2) is 0 Å². The van der Waals surface area contributed by atoms with Gasteiger partial charge in [0.2, 0.25) is 5.91 Å². The van der Waals surface area contributed by atoms with Crippen LogP contribution in [0.25, 0.3) is 0 Å². The summed E-state index contributed by atoms with van der Waals surface area (Å²) < 4.78 is 1.87. The maximum atomic E-state index is 11.4. The van der Waals surface area contributed by atoms with Crippen LogP contribution in [0.1, 0.15) is 11.3 Å². The summed E-state index contributed by atoms with van der Waals surface area (Å²) in [5.74, 6) is 0.512. The highest BCUT2D eigenvalue weighted by Crippen LogP contribution is 2.20. The Balaban J connectivity index is 2.29. The SMILES string of the molecule is C=CC(=O)N1CCn2nc(N)c(C)c2C1. The Bertz CT molecular complexity index is 421. The average molecular weight is 206 g/mol. The Labute approximate surface area is 88.2 Å². The van der Waals surface area contributed by atoms with Crippen molar-refractivity contribution in [2.24, 2.45) is 0 Å². The molecule has 1 amide bonds. The van der Waals surface area contributed by atoms with E-state index in [-0.39, 0.29) is 5.91 Å². The second kappa shape index (κ2) is 3.42. The number of hydrogen-bond donors (Lipinski definition) is 1. The minimum atomic E-state index is -0.0413. The Hall–Kier alpha value is -1.78. The Morgan fingerprint density at radius 1 is 1.60 bits per heavy atom. The molecule has 0 spiro atoms. The minimum Gasteiger partial charge on any atom is -0.382 e. The van der Waals surface area contributed by atoms with E-state index in [1.807, 2.05) is 11.6 Å². The van der Waals surface area contributed by atoms with Crippen molar-refractivity contribution in [2.45, 2.75) is 20.0 Å². The molecule has 0 radical (unpaired) electrons. The molecule has 2 N–H and O–H groups in total. The highest BCUT2D eigenvalue weighted by atomic mass is 16.2. The number of anilines is 1. The van der Waals surface area contributed by atoms with Gasteiger partial charge in [0.05, 0.1) is 18.8 Å². The van der Waals surface area contributed by atoms with Crippen molar-refractivity contribution in [3.8, 4) is 0 Å². The number of nitrogen functional groups attached to an aromatic ring is 1. The fraction of sp³-hybridized carbons (Fsp3) is 0.400. The maximum Gasteiger partial charge on any atom is 0.246 e. The molecule has 0 bridgehead atoms. The van der Waals surface area contributed by atoms with Crippen LogP contribution in [0, 0.1) is 6.92 Å². The van der Waals surface area contributed by atoms with Crippen molar-refractivity contribution in [1.82, 2.24) is 14.7 Å². The van der Waals surface area contributed by atoms with Crippen molar-refractivity contribution in [3.63, 3.8) is 0 Å². The van der Waals surface area contributed by atoms with Gasteiger partial charge >= 0.3 is 0 Å². The van der Waals surface area contributed by atoms with Gasteiger partial charge in [-0.2, -0.15) is 5.10 Å². The van der Waals surface area contributed by atoms with E-state index in [2.05, 4.69) is 11.7 Å². The van der Waals surface area contributed by atoms with Crippen molar-refractivity contribution < 1.29 is 4.79 Å². The highest BCUT2D eigenvalue weighted by molar-refractivity contribution is 5.87. The lowest BCUT2D eigenvalue weighted by Crippen LogP contribution is -2.37. The summed E-state index contributed by atoms with van der Waals surface area (Å²) in [6.07, 6.45) is 1.34. The molecule has 0 saturated carbocycles. The summed E-state index contributed by atoms with van der Waals surface area (Å²) in [5, 5.41) is 4.20. The Morgan fingerprint density at radius 2 is 2.33 bits per heavy atom. The molecule has 2 heterocycles. The van der Waals surface area contributed by atoms with Crippen molar-refractivity contribution in [3.05, 3.63) is 23.9 Å². The monoisotopic (exact) mass is 206 g/mol. The maximum absolute atomic E-state index is 11.4. The Morgan fingerprint density at radius 3 is 3.00 bits per heavy atom. The summed E-state index contributed by atoms with van der Waals surface area (Å²) in [6, 6.07) is 0. The number of aromatic nitrogens is 2. The van der Waals surface area contributed by atoms with E-state index in [1.165, 1.54) is 6.08 Å². The second-order valence-electron chi connectivity index (χ2n) is 3.64. The molecule has 0 aromatic carbocycles. The molecule has 0 aliphatic carbocycles. The first-order valence-corrected chi connectivity index (χ1v) is 4.86. The molecule has 80 valence electrons. The lowest BCUT2D eigenvalue weighted by molar-refractivity contribution is -0.127. The molecule has 1 aromatic heterocycles. The summed E-state index contributed by atoms with van der Waals surface area (Å²) >= 11 is 0. The van der Waals surface area contributed by atoms with E-state index in [4.69, 9.17) is 5.73 Å². The second-order valence-corrected chi connectivity index (χ2v) is 3.64. The number of nitrogens with two attached hydrogens (primary N) is 1. The van der Waals surface area contributed by atoms with Crippen LogP contribution in [0.15, 0.2) is 12.7 Å². The molecular formula is C10H14N4O. The molecule has 1 aliphatic heterocycles. The van der Waals surface area contributed by atoms with Crippen LogP contribution in [0.4, 0.5) is 5.82 Å². The molecule has 1 aliphatic rings. The molecule has 5 heteroatoms. The molecule has 1 aromatic rings. The fourth-order valence-corrected chi connectivity index (χ4v) is 1.78. The number of carbonyl (C=O) groups is 1. The largest absolute Gasteiger partial charge is 0.382 e. The fourth-order valence-electron chi connectivity index (χ4n) is 1.78. The summed E-state index contributed by atoms with van der Waals surface area (Å²) in [5.41, 5.74) is 7.71. The third-order valence-electron chi connectivity index (χ3n) is 2.77. The molecule has 15 heavy (non-hydrogen) atoms. The lowest BCUT2D eigenvalue weighted by atomic mass is 10.2. The van der Waals surface area contributed by atoms with Crippen LogP contribution in [-0.4, -0.2) is 27.1 Å². The van der Waals surface area contributed by atoms with E-state index in [1.54, 1.807) is 4.90 Å². The van der Waals surface area contributed by atoms with Gasteiger partial charge in [-0.25, -0.2) is 0 Å². The van der Waals surface area contributed by atoms with Crippen LogP contribution in [0.3, 0.4) is 0 Å². The summed E-state index contributed by atoms with van der Waals surface area (Å²) in [6.45, 7) is 7.34. The van der Waals surface area contributed by atoms with Crippen molar-refractivity contribution in [1.29, 1.82) is 0 Å². The van der Waals surface area contributed by atoms with Gasteiger partial charge in [0, 0.05) is 12.1 Å². The van der Waals surface area contributed by atoms with Crippen LogP contribution in [0.5, 0.6) is 0 Å². The van der Waals surface area contributed by atoms with E-state index < -0.39 is 0 Å². The number of nitrogens with zero attached hydrogens (tertiary/aromatic N) is 3. The molecular weight excluding hydrogens is 192 g/mol. The number of rotatable bonds is 1. The summed E-state index contributed by atoms with van der Waals surface area (Å²) in [4.78, 5) is 13.2. The van der Waals surface area contributed by atoms with E-state index in [0.717, 1.165) is 11.3 Å². The third kappa shape index (κ3) is 1.49. The van der Waals surface area contributed by atoms with Gasteiger partial charge in [-0.05, 0) is 13.0 Å². The minimum absolute atomic E-state index is 0.0413. The van der Waals surface area contributed by atoms with Gasteiger partial charge in [-0.3, -0.25) is 9.48 Å². The number of carbonyl (C=O) groups excluding carboxylic acids is 1. The van der Waals surface area contributed by atoms with E-state index >= 15 is 0 Å². The number of hydrogen-bond acceptors (Lipinski definition) is 3. The zero-order chi connectivity index (χ0) is 11.0. The first-order valence-electron chi connectivity index (χ1n) is 4.86. The predicted octanol–water partition coefficient (Wildman–Crippen LogP) is 0.302. The van der Waals surface area contributed by atoms with Crippen LogP contribution in [0.2, 0.25) is 0 Å². The highest BCUT2D eigenvalue weighted by Gasteiger charge is 2.22. The first-order chi connectivity index (χ1) is 7.13. The normalized spacial score (nSPS) is 14.9. The quantitative estimate of drug-likeness (QED) is 0.672. The van der Waals surface area contributed by atoms with Crippen LogP contribution < -0.4 is 5.73 Å². The number of amides is 1. The van der Waals surface area contributed by atoms with Gasteiger partial charge in [0.1, 0.15) is 5.82 Å². The van der Waals surface area contributed by atoms with Crippen LogP contribution >= 0.6 is 0 Å². The van der Waals surface area contributed by atoms with E-state index in [9.17, 15) is 4.79 Å². The molecule has 0 unspecified atom stereocenters.